The van der Waals surface area contributed by atoms with E-state index in [2.05, 4.69) is 11.1 Å². The van der Waals surface area contributed by atoms with Crippen LogP contribution in [-0.2, 0) is 0 Å². The number of benzene rings is 2. The highest BCUT2D eigenvalue weighted by molar-refractivity contribution is 7.99. The van der Waals surface area contributed by atoms with Crippen LogP contribution in [0.2, 0.25) is 5.02 Å². The summed E-state index contributed by atoms with van der Waals surface area (Å²) in [7, 11) is 0. The van der Waals surface area contributed by atoms with Crippen molar-refractivity contribution in [1.82, 2.24) is 4.98 Å². The monoisotopic (exact) mass is 310 g/mol. The molecular weight excluding hydrogens is 300 g/mol. The number of fused-ring (bicyclic) bond motifs is 1. The maximum absolute atomic E-state index is 9.47. The summed E-state index contributed by atoms with van der Waals surface area (Å²) in [6, 6.07) is 17.7. The van der Waals surface area contributed by atoms with E-state index in [-0.39, 0.29) is 0 Å². The zero-order valence-corrected chi connectivity index (χ0v) is 12.9. The van der Waals surface area contributed by atoms with Gasteiger partial charge in [-0.05, 0) is 30.7 Å². The molecule has 2 nitrogen and oxygen atoms in total. The molecule has 0 aliphatic carbocycles. The van der Waals surface area contributed by atoms with Crippen molar-refractivity contribution in [3.05, 3.63) is 64.7 Å². The van der Waals surface area contributed by atoms with E-state index in [1.54, 1.807) is 0 Å². The summed E-state index contributed by atoms with van der Waals surface area (Å²) in [6.45, 7) is 1.96. The van der Waals surface area contributed by atoms with Gasteiger partial charge in [-0.2, -0.15) is 5.26 Å². The van der Waals surface area contributed by atoms with Gasteiger partial charge in [0.1, 0.15) is 11.1 Å². The van der Waals surface area contributed by atoms with Gasteiger partial charge in [0, 0.05) is 10.3 Å². The van der Waals surface area contributed by atoms with Gasteiger partial charge >= 0.3 is 0 Å². The smallest absolute Gasteiger partial charge is 0.120 e. The maximum atomic E-state index is 9.47. The van der Waals surface area contributed by atoms with Crippen LogP contribution in [0.3, 0.4) is 0 Å². The van der Waals surface area contributed by atoms with Crippen molar-refractivity contribution in [2.45, 2.75) is 16.8 Å². The van der Waals surface area contributed by atoms with Crippen molar-refractivity contribution in [1.29, 1.82) is 5.26 Å². The quantitative estimate of drug-likeness (QED) is 0.651. The van der Waals surface area contributed by atoms with Crippen molar-refractivity contribution < 1.29 is 0 Å². The van der Waals surface area contributed by atoms with Crippen LogP contribution in [0.25, 0.3) is 10.9 Å². The first kappa shape index (κ1) is 13.9. The Labute approximate surface area is 132 Å². The Balaban J connectivity index is 2.19. The van der Waals surface area contributed by atoms with Crippen LogP contribution in [0.5, 0.6) is 0 Å². The molecule has 0 radical (unpaired) electrons. The first-order chi connectivity index (χ1) is 10.2. The molecule has 1 aromatic heterocycles. The van der Waals surface area contributed by atoms with E-state index >= 15 is 0 Å². The fourth-order valence-electron chi connectivity index (χ4n) is 2.19. The number of aryl methyl sites for hydroxylation is 1. The third-order valence-corrected chi connectivity index (χ3v) is 4.78. The lowest BCUT2D eigenvalue weighted by Gasteiger charge is -2.10. The minimum absolute atomic E-state index is 0.610. The van der Waals surface area contributed by atoms with Gasteiger partial charge in [-0.3, -0.25) is 0 Å². The number of nitriles is 1. The zero-order valence-electron chi connectivity index (χ0n) is 11.3. The second-order valence-corrected chi connectivity index (χ2v) is 6.02. The number of rotatable bonds is 2. The van der Waals surface area contributed by atoms with Gasteiger partial charge in [-0.25, -0.2) is 4.98 Å². The highest BCUT2D eigenvalue weighted by Crippen LogP contribution is 2.36. The third kappa shape index (κ3) is 2.61. The van der Waals surface area contributed by atoms with Gasteiger partial charge in [0.05, 0.1) is 16.1 Å². The van der Waals surface area contributed by atoms with Gasteiger partial charge in [-0.15, -0.1) is 0 Å². The van der Waals surface area contributed by atoms with E-state index in [1.807, 2.05) is 55.5 Å². The lowest BCUT2D eigenvalue weighted by atomic mass is 10.1. The summed E-state index contributed by atoms with van der Waals surface area (Å²) in [4.78, 5) is 5.53. The highest BCUT2D eigenvalue weighted by atomic mass is 35.5. The van der Waals surface area contributed by atoms with Gasteiger partial charge in [-0.1, -0.05) is 53.7 Å². The number of nitrogens with zero attached hydrogens (tertiary/aromatic N) is 2. The van der Waals surface area contributed by atoms with Crippen LogP contribution in [0.1, 0.15) is 11.1 Å². The van der Waals surface area contributed by atoms with Crippen molar-refractivity contribution in [2.75, 3.05) is 0 Å². The van der Waals surface area contributed by atoms with Crippen LogP contribution in [0.4, 0.5) is 0 Å². The molecule has 102 valence electrons. The van der Waals surface area contributed by atoms with E-state index < -0.39 is 0 Å². The number of halogens is 1. The maximum Gasteiger partial charge on any atom is 0.120 e. The fraction of sp³-hybridized carbons (Fsp3) is 0.0588. The van der Waals surface area contributed by atoms with Crippen LogP contribution in [0, 0.1) is 18.3 Å². The van der Waals surface area contributed by atoms with Crippen LogP contribution in [-0.4, -0.2) is 4.98 Å². The Hall–Kier alpha value is -2.02. The molecule has 1 heterocycles. The van der Waals surface area contributed by atoms with Gasteiger partial charge in [0.2, 0.25) is 0 Å². The van der Waals surface area contributed by atoms with Gasteiger partial charge < -0.3 is 0 Å². The molecule has 0 atom stereocenters. The Morgan fingerprint density at radius 2 is 1.81 bits per heavy atom. The Bertz CT molecular complexity index is 868. The average Bonchev–Trinajstić information content (AvgIpc) is 2.50. The number of pyridine rings is 1. The van der Waals surface area contributed by atoms with E-state index in [4.69, 9.17) is 11.6 Å². The molecule has 21 heavy (non-hydrogen) atoms. The molecule has 3 aromatic rings. The molecule has 0 N–H and O–H groups in total. The minimum Gasteiger partial charge on any atom is -0.240 e. The molecule has 0 amide bonds. The van der Waals surface area contributed by atoms with E-state index in [9.17, 15) is 5.26 Å². The number of para-hydroxylation sites is 1. The minimum atomic E-state index is 0.610. The van der Waals surface area contributed by atoms with Gasteiger partial charge in [0.15, 0.2) is 0 Å². The molecule has 0 saturated heterocycles. The normalized spacial score (nSPS) is 10.5. The average molecular weight is 311 g/mol. The topological polar surface area (TPSA) is 36.7 Å². The number of hydrogen-bond donors (Lipinski definition) is 0. The zero-order chi connectivity index (χ0) is 14.8. The summed E-state index contributed by atoms with van der Waals surface area (Å²) in [6.07, 6.45) is 0. The Morgan fingerprint density at radius 3 is 2.57 bits per heavy atom. The molecule has 0 saturated carbocycles. The Morgan fingerprint density at radius 1 is 1.10 bits per heavy atom. The predicted octanol–water partition coefficient (Wildman–Crippen LogP) is 5.22. The predicted molar refractivity (Wildman–Crippen MR) is 86.8 cm³/mol. The summed E-state index contributed by atoms with van der Waals surface area (Å²) in [5.74, 6) is 0. The first-order valence-corrected chi connectivity index (χ1v) is 7.62. The molecule has 0 bridgehead atoms. The molecule has 3 rings (SSSR count). The molecule has 0 aliphatic heterocycles. The molecular formula is C17H11ClN2S. The lowest BCUT2D eigenvalue weighted by molar-refractivity contribution is 1.14. The van der Waals surface area contributed by atoms with Crippen LogP contribution >= 0.6 is 23.4 Å². The largest absolute Gasteiger partial charge is 0.240 e. The molecule has 0 spiro atoms. The van der Waals surface area contributed by atoms with Crippen LogP contribution in [0.15, 0.2) is 58.5 Å². The van der Waals surface area contributed by atoms with Crippen molar-refractivity contribution in [3.8, 4) is 6.07 Å². The molecule has 0 fully saturated rings. The Kier molecular flexibility index (Phi) is 3.83. The summed E-state index contributed by atoms with van der Waals surface area (Å²) < 4.78 is 0. The highest BCUT2D eigenvalue weighted by Gasteiger charge is 2.14. The van der Waals surface area contributed by atoms with E-state index in [1.165, 1.54) is 11.8 Å². The first-order valence-electron chi connectivity index (χ1n) is 6.42. The van der Waals surface area contributed by atoms with Crippen molar-refractivity contribution in [3.63, 3.8) is 0 Å². The summed E-state index contributed by atoms with van der Waals surface area (Å²) in [5.41, 5.74) is 2.46. The molecule has 0 aliphatic rings. The van der Waals surface area contributed by atoms with Crippen molar-refractivity contribution >= 4 is 34.3 Å². The summed E-state index contributed by atoms with van der Waals surface area (Å²) in [5, 5.41) is 11.8. The fourth-order valence-corrected chi connectivity index (χ4v) is 3.40. The SMILES string of the molecule is Cc1c(C#N)c(Sc2ccccc2Cl)nc2ccccc12. The second-order valence-electron chi connectivity index (χ2n) is 4.58. The second kappa shape index (κ2) is 5.77. The van der Waals surface area contributed by atoms with E-state index in [0.29, 0.717) is 15.6 Å². The lowest BCUT2D eigenvalue weighted by Crippen LogP contribution is -1.94. The standard InChI is InChI=1S/C17H11ClN2S/c1-11-12-6-2-4-8-15(12)20-17(13(11)10-19)21-16-9-5-3-7-14(16)18/h2-9H,1H3. The van der Waals surface area contributed by atoms with Crippen LogP contribution < -0.4 is 0 Å². The number of hydrogen-bond acceptors (Lipinski definition) is 3. The van der Waals surface area contributed by atoms with E-state index in [0.717, 1.165) is 21.4 Å². The number of aromatic nitrogens is 1. The van der Waals surface area contributed by atoms with Gasteiger partial charge in [0.25, 0.3) is 0 Å². The summed E-state index contributed by atoms with van der Waals surface area (Å²) >= 11 is 7.63. The molecule has 0 unspecified atom stereocenters. The van der Waals surface area contributed by atoms with Crippen molar-refractivity contribution in [2.24, 2.45) is 0 Å². The third-order valence-electron chi connectivity index (χ3n) is 3.27. The molecule has 2 aromatic carbocycles. The molecule has 4 heteroatoms.